The number of nitrogens with two attached hydrogens (primary N) is 1. The van der Waals surface area contributed by atoms with Crippen LogP contribution in [0.4, 0.5) is 10.1 Å². The van der Waals surface area contributed by atoms with E-state index in [4.69, 9.17) is 5.73 Å². The van der Waals surface area contributed by atoms with E-state index in [9.17, 15) is 9.18 Å². The lowest BCUT2D eigenvalue weighted by Gasteiger charge is -2.00. The van der Waals surface area contributed by atoms with E-state index in [-0.39, 0.29) is 11.7 Å². The minimum Gasteiger partial charge on any atom is -0.398 e. The quantitative estimate of drug-likeness (QED) is 0.604. The van der Waals surface area contributed by atoms with Gasteiger partial charge in [0.25, 0.3) is 0 Å². The molecule has 1 rings (SSSR count). The van der Waals surface area contributed by atoms with Crippen molar-refractivity contribution in [2.24, 2.45) is 0 Å². The largest absolute Gasteiger partial charge is 0.398 e. The summed E-state index contributed by atoms with van der Waals surface area (Å²) in [6.07, 6.45) is 4.42. The first kappa shape index (κ1) is 12.2. The molecule has 0 aromatic heterocycles. The van der Waals surface area contributed by atoms with E-state index < -0.39 is 0 Å². The summed E-state index contributed by atoms with van der Waals surface area (Å²) in [4.78, 5) is 10.6. The molecule has 0 heterocycles. The second-order valence-corrected chi connectivity index (χ2v) is 3.45. The van der Waals surface area contributed by atoms with Crippen LogP contribution in [0.25, 0.3) is 6.08 Å². The standard InChI is InChI=1S/C12H15FN2O/c1-9(16)15-7-3-2-4-10-5-6-11(13)8-12(10)14/h2,4-6,8H,3,7,14H2,1H3,(H,15,16). The Morgan fingerprint density at radius 2 is 2.31 bits per heavy atom. The number of carbonyl (C=O) groups excluding carboxylic acids is 1. The highest BCUT2D eigenvalue weighted by Gasteiger charge is 1.96. The van der Waals surface area contributed by atoms with Crippen LogP contribution in [0.5, 0.6) is 0 Å². The van der Waals surface area contributed by atoms with Crippen molar-refractivity contribution in [2.45, 2.75) is 13.3 Å². The van der Waals surface area contributed by atoms with Crippen LogP contribution >= 0.6 is 0 Å². The van der Waals surface area contributed by atoms with E-state index in [1.807, 2.05) is 12.2 Å². The van der Waals surface area contributed by atoms with Gasteiger partial charge in [0, 0.05) is 19.2 Å². The second kappa shape index (κ2) is 5.90. The predicted octanol–water partition coefficient (Wildman–Crippen LogP) is 1.95. The molecule has 0 aliphatic heterocycles. The molecule has 16 heavy (non-hydrogen) atoms. The number of benzene rings is 1. The van der Waals surface area contributed by atoms with E-state index in [0.717, 1.165) is 12.0 Å². The second-order valence-electron chi connectivity index (χ2n) is 3.45. The summed E-state index contributed by atoms with van der Waals surface area (Å²) in [5.41, 5.74) is 6.82. The van der Waals surface area contributed by atoms with Crippen LogP contribution in [0.2, 0.25) is 0 Å². The monoisotopic (exact) mass is 222 g/mol. The average Bonchev–Trinajstić information content (AvgIpc) is 2.20. The van der Waals surface area contributed by atoms with Gasteiger partial charge in [0.2, 0.25) is 5.91 Å². The molecule has 0 bridgehead atoms. The Morgan fingerprint density at radius 1 is 1.56 bits per heavy atom. The lowest BCUT2D eigenvalue weighted by atomic mass is 10.1. The third kappa shape index (κ3) is 4.13. The minimum absolute atomic E-state index is 0.0466. The Hall–Kier alpha value is -1.84. The molecule has 3 nitrogen and oxygen atoms in total. The summed E-state index contributed by atoms with van der Waals surface area (Å²) >= 11 is 0. The zero-order valence-corrected chi connectivity index (χ0v) is 9.16. The molecule has 0 saturated heterocycles. The number of amides is 1. The van der Waals surface area contributed by atoms with Crippen molar-refractivity contribution in [1.29, 1.82) is 0 Å². The van der Waals surface area contributed by atoms with Gasteiger partial charge in [0.05, 0.1) is 0 Å². The zero-order valence-electron chi connectivity index (χ0n) is 9.16. The first-order chi connectivity index (χ1) is 7.59. The Labute approximate surface area is 94.1 Å². The summed E-state index contributed by atoms with van der Waals surface area (Å²) in [5, 5.41) is 2.67. The number of hydrogen-bond acceptors (Lipinski definition) is 2. The van der Waals surface area contributed by atoms with E-state index in [1.54, 1.807) is 6.07 Å². The van der Waals surface area contributed by atoms with Crippen LogP contribution in [0, 0.1) is 5.82 Å². The maximum atomic E-state index is 12.7. The molecule has 0 spiro atoms. The maximum absolute atomic E-state index is 12.7. The van der Waals surface area contributed by atoms with Crippen molar-refractivity contribution in [3.8, 4) is 0 Å². The topological polar surface area (TPSA) is 55.1 Å². The minimum atomic E-state index is -0.340. The number of rotatable bonds is 4. The van der Waals surface area contributed by atoms with Crippen LogP contribution in [-0.4, -0.2) is 12.5 Å². The van der Waals surface area contributed by atoms with Crippen molar-refractivity contribution < 1.29 is 9.18 Å². The van der Waals surface area contributed by atoms with Gasteiger partial charge < -0.3 is 11.1 Å². The number of halogens is 1. The van der Waals surface area contributed by atoms with Gasteiger partial charge in [-0.05, 0) is 24.1 Å². The molecule has 0 atom stereocenters. The molecule has 0 unspecified atom stereocenters. The van der Waals surface area contributed by atoms with Crippen LogP contribution < -0.4 is 11.1 Å². The van der Waals surface area contributed by atoms with Gasteiger partial charge in [-0.15, -0.1) is 0 Å². The molecule has 1 amide bonds. The highest BCUT2D eigenvalue weighted by Crippen LogP contribution is 2.14. The van der Waals surface area contributed by atoms with Crippen molar-refractivity contribution in [3.63, 3.8) is 0 Å². The molecule has 0 saturated carbocycles. The number of anilines is 1. The molecular formula is C12H15FN2O. The van der Waals surface area contributed by atoms with Crippen LogP contribution in [-0.2, 0) is 4.79 Å². The molecule has 1 aromatic rings. The third-order valence-electron chi connectivity index (χ3n) is 2.03. The Morgan fingerprint density at radius 3 is 2.94 bits per heavy atom. The highest BCUT2D eigenvalue weighted by atomic mass is 19.1. The Kier molecular flexibility index (Phi) is 4.51. The van der Waals surface area contributed by atoms with Crippen LogP contribution in [0.3, 0.4) is 0 Å². The van der Waals surface area contributed by atoms with Gasteiger partial charge in [0.15, 0.2) is 0 Å². The van der Waals surface area contributed by atoms with E-state index >= 15 is 0 Å². The molecule has 86 valence electrons. The molecule has 4 heteroatoms. The van der Waals surface area contributed by atoms with Crippen LogP contribution in [0.15, 0.2) is 24.3 Å². The first-order valence-corrected chi connectivity index (χ1v) is 5.05. The average molecular weight is 222 g/mol. The zero-order chi connectivity index (χ0) is 12.0. The summed E-state index contributed by atoms with van der Waals surface area (Å²) in [5.74, 6) is -0.386. The summed E-state index contributed by atoms with van der Waals surface area (Å²) in [7, 11) is 0. The maximum Gasteiger partial charge on any atom is 0.216 e. The van der Waals surface area contributed by atoms with Crippen molar-refractivity contribution in [2.75, 3.05) is 12.3 Å². The Balaban J connectivity index is 2.47. The van der Waals surface area contributed by atoms with Gasteiger partial charge in [-0.3, -0.25) is 4.79 Å². The summed E-state index contributed by atoms with van der Waals surface area (Å²) in [6, 6.07) is 4.27. The van der Waals surface area contributed by atoms with E-state index in [2.05, 4.69) is 5.32 Å². The normalized spacial score (nSPS) is 10.6. The molecule has 0 radical (unpaired) electrons. The molecule has 0 aliphatic carbocycles. The SMILES string of the molecule is CC(=O)NCCC=Cc1ccc(F)cc1N. The van der Waals surface area contributed by atoms with E-state index in [1.165, 1.54) is 19.1 Å². The Bertz CT molecular complexity index is 402. The van der Waals surface area contributed by atoms with Gasteiger partial charge in [0.1, 0.15) is 5.82 Å². The van der Waals surface area contributed by atoms with Gasteiger partial charge in [-0.1, -0.05) is 18.2 Å². The number of carbonyl (C=O) groups is 1. The van der Waals surface area contributed by atoms with Crippen molar-refractivity contribution >= 4 is 17.7 Å². The lowest BCUT2D eigenvalue weighted by Crippen LogP contribution is -2.20. The molecule has 1 aromatic carbocycles. The summed E-state index contributed by atoms with van der Waals surface area (Å²) in [6.45, 7) is 2.06. The highest BCUT2D eigenvalue weighted by molar-refractivity contribution is 5.72. The first-order valence-electron chi connectivity index (χ1n) is 5.05. The molecular weight excluding hydrogens is 207 g/mol. The number of hydrogen-bond donors (Lipinski definition) is 2. The van der Waals surface area contributed by atoms with Crippen molar-refractivity contribution in [3.05, 3.63) is 35.7 Å². The van der Waals surface area contributed by atoms with Crippen molar-refractivity contribution in [1.82, 2.24) is 5.32 Å². The fourth-order valence-electron chi connectivity index (χ4n) is 1.24. The summed E-state index contributed by atoms with van der Waals surface area (Å²) < 4.78 is 12.7. The number of nitrogen functional groups attached to an aromatic ring is 1. The van der Waals surface area contributed by atoms with Gasteiger partial charge in [-0.25, -0.2) is 4.39 Å². The fraction of sp³-hybridized carbons (Fsp3) is 0.250. The lowest BCUT2D eigenvalue weighted by molar-refractivity contribution is -0.118. The molecule has 0 fully saturated rings. The van der Waals surface area contributed by atoms with Gasteiger partial charge >= 0.3 is 0 Å². The van der Waals surface area contributed by atoms with Gasteiger partial charge in [-0.2, -0.15) is 0 Å². The predicted molar refractivity (Wildman–Crippen MR) is 63.1 cm³/mol. The molecule has 3 N–H and O–H groups in total. The number of nitrogens with one attached hydrogen (secondary N) is 1. The fourth-order valence-corrected chi connectivity index (χ4v) is 1.24. The van der Waals surface area contributed by atoms with Crippen LogP contribution in [0.1, 0.15) is 18.9 Å². The smallest absolute Gasteiger partial charge is 0.216 e. The van der Waals surface area contributed by atoms with E-state index in [0.29, 0.717) is 12.2 Å². The third-order valence-corrected chi connectivity index (χ3v) is 2.03. The molecule has 0 aliphatic rings.